The molecule has 1 aromatic rings. The lowest BCUT2D eigenvalue weighted by atomic mass is 9.96. The molecule has 0 bridgehead atoms. The number of rotatable bonds is 6. The Balaban J connectivity index is 2.76. The van der Waals surface area contributed by atoms with Crippen LogP contribution in [0.1, 0.15) is 52.6 Å². The van der Waals surface area contributed by atoms with Gasteiger partial charge in [-0.3, -0.25) is 0 Å². The van der Waals surface area contributed by atoms with E-state index in [1.807, 2.05) is 6.20 Å². The number of nitrogens with zero attached hydrogens (tertiary/aromatic N) is 2. The molecule has 0 fully saturated rings. The molecule has 0 aliphatic heterocycles. The Kier molecular flexibility index (Phi) is 5.80. The van der Waals surface area contributed by atoms with Crippen molar-refractivity contribution in [1.82, 2.24) is 10.3 Å². The molecule has 1 atom stereocenters. The van der Waals surface area contributed by atoms with E-state index in [-0.39, 0.29) is 5.41 Å². The van der Waals surface area contributed by atoms with Gasteiger partial charge in [0.25, 0.3) is 0 Å². The average molecular weight is 263 g/mol. The van der Waals surface area contributed by atoms with Gasteiger partial charge in [-0.2, -0.15) is 0 Å². The predicted molar refractivity (Wildman–Crippen MR) is 83.7 cm³/mol. The molecule has 19 heavy (non-hydrogen) atoms. The highest BCUT2D eigenvalue weighted by molar-refractivity contribution is 5.41. The zero-order chi connectivity index (χ0) is 14.5. The fourth-order valence-electron chi connectivity index (χ4n) is 2.18. The standard InChI is InChI=1S/C16H29N3/c1-7-9-17-13(2)14-8-10-18-15(11-14)19(6)12-16(3,4)5/h8,10-11,13,17H,7,9,12H2,1-6H3. The first-order valence-electron chi connectivity index (χ1n) is 7.24. The summed E-state index contributed by atoms with van der Waals surface area (Å²) in [5.41, 5.74) is 1.58. The third-order valence-corrected chi connectivity index (χ3v) is 3.07. The number of pyridine rings is 1. The second kappa shape index (κ2) is 6.90. The third kappa shape index (κ3) is 5.60. The molecule has 0 saturated carbocycles. The first-order valence-corrected chi connectivity index (χ1v) is 7.24. The molecule has 0 aromatic carbocycles. The molecule has 0 aliphatic carbocycles. The predicted octanol–water partition coefficient (Wildman–Crippen LogP) is 3.62. The highest BCUT2D eigenvalue weighted by atomic mass is 15.2. The van der Waals surface area contributed by atoms with Crippen LogP contribution in [0.25, 0.3) is 0 Å². The fraction of sp³-hybridized carbons (Fsp3) is 0.688. The lowest BCUT2D eigenvalue weighted by Gasteiger charge is -2.28. The molecule has 108 valence electrons. The quantitative estimate of drug-likeness (QED) is 0.849. The number of anilines is 1. The minimum absolute atomic E-state index is 0.276. The molecular weight excluding hydrogens is 234 g/mol. The van der Waals surface area contributed by atoms with Gasteiger partial charge >= 0.3 is 0 Å². The highest BCUT2D eigenvalue weighted by Gasteiger charge is 2.15. The number of hydrogen-bond donors (Lipinski definition) is 1. The van der Waals surface area contributed by atoms with Crippen LogP contribution in [0.3, 0.4) is 0 Å². The summed E-state index contributed by atoms with van der Waals surface area (Å²) in [6, 6.07) is 4.67. The van der Waals surface area contributed by atoms with Crippen LogP contribution in [0.15, 0.2) is 18.3 Å². The molecular formula is C16H29N3. The fourth-order valence-corrected chi connectivity index (χ4v) is 2.18. The molecule has 0 aliphatic rings. The van der Waals surface area contributed by atoms with E-state index in [1.54, 1.807) is 0 Å². The van der Waals surface area contributed by atoms with Crippen molar-refractivity contribution in [2.45, 2.75) is 47.1 Å². The Labute approximate surface area is 118 Å². The second-order valence-corrected chi connectivity index (χ2v) is 6.54. The van der Waals surface area contributed by atoms with Gasteiger partial charge in [0.05, 0.1) is 0 Å². The van der Waals surface area contributed by atoms with Crippen LogP contribution in [-0.4, -0.2) is 25.1 Å². The average Bonchev–Trinajstić information content (AvgIpc) is 2.34. The third-order valence-electron chi connectivity index (χ3n) is 3.07. The van der Waals surface area contributed by atoms with E-state index in [1.165, 1.54) is 5.56 Å². The van der Waals surface area contributed by atoms with E-state index < -0.39 is 0 Å². The van der Waals surface area contributed by atoms with Gasteiger partial charge in [0.2, 0.25) is 0 Å². The zero-order valence-corrected chi connectivity index (χ0v) is 13.3. The Hall–Kier alpha value is -1.09. The maximum Gasteiger partial charge on any atom is 0.128 e. The maximum atomic E-state index is 4.48. The SMILES string of the molecule is CCCNC(C)c1ccnc(N(C)CC(C)(C)C)c1. The summed E-state index contributed by atoms with van der Waals surface area (Å²) >= 11 is 0. The zero-order valence-electron chi connectivity index (χ0n) is 13.3. The Morgan fingerprint density at radius 2 is 2.05 bits per heavy atom. The lowest BCUT2D eigenvalue weighted by molar-refractivity contribution is 0.417. The Bertz CT molecular complexity index is 382. The molecule has 1 N–H and O–H groups in total. The molecule has 0 spiro atoms. The first-order chi connectivity index (χ1) is 8.83. The van der Waals surface area contributed by atoms with Crippen LogP contribution >= 0.6 is 0 Å². The summed E-state index contributed by atoms with van der Waals surface area (Å²) in [6.45, 7) is 13.2. The number of hydrogen-bond acceptors (Lipinski definition) is 3. The van der Waals surface area contributed by atoms with Crippen molar-refractivity contribution in [3.63, 3.8) is 0 Å². The first kappa shape index (κ1) is 16.0. The van der Waals surface area contributed by atoms with Crippen molar-refractivity contribution >= 4 is 5.82 Å². The van der Waals surface area contributed by atoms with Crippen molar-refractivity contribution in [2.24, 2.45) is 5.41 Å². The van der Waals surface area contributed by atoms with Crippen LogP contribution in [0, 0.1) is 5.41 Å². The molecule has 1 rings (SSSR count). The van der Waals surface area contributed by atoms with Crippen LogP contribution < -0.4 is 10.2 Å². The number of nitrogens with one attached hydrogen (secondary N) is 1. The van der Waals surface area contributed by atoms with Crippen molar-refractivity contribution < 1.29 is 0 Å². The lowest BCUT2D eigenvalue weighted by Crippen LogP contribution is -2.30. The van der Waals surface area contributed by atoms with Crippen molar-refractivity contribution in [2.75, 3.05) is 25.0 Å². The van der Waals surface area contributed by atoms with Gasteiger partial charge in [-0.25, -0.2) is 4.98 Å². The van der Waals surface area contributed by atoms with Gasteiger partial charge < -0.3 is 10.2 Å². The van der Waals surface area contributed by atoms with Gasteiger partial charge in [-0.15, -0.1) is 0 Å². The summed E-state index contributed by atoms with van der Waals surface area (Å²) in [4.78, 5) is 6.72. The summed E-state index contributed by atoms with van der Waals surface area (Å²) in [5.74, 6) is 1.05. The molecule has 1 aromatic heterocycles. The van der Waals surface area contributed by atoms with Gasteiger partial charge in [0.15, 0.2) is 0 Å². The smallest absolute Gasteiger partial charge is 0.128 e. The maximum absolute atomic E-state index is 4.48. The van der Waals surface area contributed by atoms with Crippen LogP contribution in [0.2, 0.25) is 0 Å². The van der Waals surface area contributed by atoms with E-state index in [0.29, 0.717) is 6.04 Å². The summed E-state index contributed by atoms with van der Waals surface area (Å²) in [7, 11) is 2.11. The molecule has 3 heteroatoms. The van der Waals surface area contributed by atoms with Crippen LogP contribution in [-0.2, 0) is 0 Å². The largest absolute Gasteiger partial charge is 0.359 e. The molecule has 1 unspecified atom stereocenters. The van der Waals surface area contributed by atoms with E-state index in [2.05, 4.69) is 69.0 Å². The summed E-state index contributed by atoms with van der Waals surface area (Å²) in [5, 5.41) is 3.52. The van der Waals surface area contributed by atoms with Gasteiger partial charge in [-0.05, 0) is 43.0 Å². The molecule has 0 saturated heterocycles. The molecule has 0 amide bonds. The monoisotopic (exact) mass is 263 g/mol. The normalized spacial score (nSPS) is 13.4. The molecule has 1 heterocycles. The van der Waals surface area contributed by atoms with Gasteiger partial charge in [0.1, 0.15) is 5.82 Å². The minimum Gasteiger partial charge on any atom is -0.359 e. The summed E-state index contributed by atoms with van der Waals surface area (Å²) in [6.07, 6.45) is 3.07. The van der Waals surface area contributed by atoms with Crippen molar-refractivity contribution in [3.05, 3.63) is 23.9 Å². The topological polar surface area (TPSA) is 28.2 Å². The van der Waals surface area contributed by atoms with Gasteiger partial charge in [0, 0.05) is 25.8 Å². The minimum atomic E-state index is 0.276. The van der Waals surface area contributed by atoms with E-state index >= 15 is 0 Å². The van der Waals surface area contributed by atoms with Crippen molar-refractivity contribution in [3.8, 4) is 0 Å². The molecule has 0 radical (unpaired) electrons. The Morgan fingerprint density at radius 1 is 1.37 bits per heavy atom. The van der Waals surface area contributed by atoms with Gasteiger partial charge in [-0.1, -0.05) is 27.7 Å². The van der Waals surface area contributed by atoms with Crippen LogP contribution in [0.4, 0.5) is 5.82 Å². The van der Waals surface area contributed by atoms with Crippen molar-refractivity contribution in [1.29, 1.82) is 0 Å². The number of aromatic nitrogens is 1. The van der Waals surface area contributed by atoms with Crippen LogP contribution in [0.5, 0.6) is 0 Å². The highest BCUT2D eigenvalue weighted by Crippen LogP contribution is 2.21. The van der Waals surface area contributed by atoms with E-state index in [9.17, 15) is 0 Å². The molecule has 3 nitrogen and oxygen atoms in total. The van der Waals surface area contributed by atoms with E-state index in [4.69, 9.17) is 0 Å². The Morgan fingerprint density at radius 3 is 2.63 bits per heavy atom. The second-order valence-electron chi connectivity index (χ2n) is 6.54. The summed E-state index contributed by atoms with van der Waals surface area (Å²) < 4.78 is 0. The van der Waals surface area contributed by atoms with E-state index in [0.717, 1.165) is 25.3 Å².